The lowest BCUT2D eigenvalue weighted by Crippen LogP contribution is -2.19. The van der Waals surface area contributed by atoms with Gasteiger partial charge >= 0.3 is 0 Å². The Labute approximate surface area is 131 Å². The summed E-state index contributed by atoms with van der Waals surface area (Å²) >= 11 is 0. The zero-order valence-corrected chi connectivity index (χ0v) is 12.5. The Morgan fingerprint density at radius 1 is 0.957 bits per heavy atom. The van der Waals surface area contributed by atoms with Gasteiger partial charge in [-0.25, -0.2) is 0 Å². The molecule has 10 heteroatoms. The van der Waals surface area contributed by atoms with E-state index in [1.807, 2.05) is 10.6 Å². The van der Waals surface area contributed by atoms with Crippen LogP contribution in [0, 0.1) is 0 Å². The average Bonchev–Trinajstić information content (AvgIpc) is 2.98. The maximum Gasteiger partial charge on any atom is 0.300 e. The number of aliphatic hydroxyl groups excluding tert-OH is 2. The van der Waals surface area contributed by atoms with Gasteiger partial charge in [-0.15, -0.1) is 0 Å². The van der Waals surface area contributed by atoms with Crippen LogP contribution < -0.4 is 10.6 Å². The minimum Gasteiger partial charge on any atom is -0.481 e. The van der Waals surface area contributed by atoms with E-state index in [-0.39, 0.29) is 30.2 Å². The van der Waals surface area contributed by atoms with E-state index < -0.39 is 12.1 Å². The molecule has 0 spiro atoms. The van der Waals surface area contributed by atoms with Crippen LogP contribution in [0.2, 0.25) is 0 Å². The van der Waals surface area contributed by atoms with Crippen LogP contribution >= 0.6 is 0 Å². The molecule has 5 N–H and O–H groups in total. The summed E-state index contributed by atoms with van der Waals surface area (Å²) in [7, 11) is 0. The number of amides is 4. The van der Waals surface area contributed by atoms with Crippen LogP contribution in [-0.2, 0) is 24.0 Å². The summed E-state index contributed by atoms with van der Waals surface area (Å²) in [5.41, 5.74) is 0. The molecule has 0 aromatic carbocycles. The molecule has 0 aromatic heterocycles. The van der Waals surface area contributed by atoms with Gasteiger partial charge in [-0.3, -0.25) is 34.6 Å². The van der Waals surface area contributed by atoms with Gasteiger partial charge in [0.2, 0.25) is 0 Å². The van der Waals surface area contributed by atoms with Gasteiger partial charge < -0.3 is 15.3 Å². The first-order chi connectivity index (χ1) is 10.6. The number of hydrogen-bond acceptors (Lipinski definition) is 7. The summed E-state index contributed by atoms with van der Waals surface area (Å²) in [6.07, 6.45) is 4.23. The molecule has 128 valence electrons. The van der Waals surface area contributed by atoms with Gasteiger partial charge in [-0.1, -0.05) is 0 Å². The normalized spacial score (nSPS) is 15.1. The molecule has 2 aliphatic rings. The topological polar surface area (TPSA) is 170 Å². The van der Waals surface area contributed by atoms with E-state index >= 15 is 0 Å². The Hall–Kier alpha value is -2.85. The molecule has 23 heavy (non-hydrogen) atoms. The fourth-order valence-electron chi connectivity index (χ4n) is 0.712. The summed E-state index contributed by atoms with van der Waals surface area (Å²) in [6, 6.07) is 0. The first-order valence-corrected chi connectivity index (χ1v) is 6.13. The second kappa shape index (κ2) is 12.9. The summed E-state index contributed by atoms with van der Waals surface area (Å²) in [4.78, 5) is 49.1. The highest BCUT2D eigenvalue weighted by molar-refractivity contribution is 6.13. The van der Waals surface area contributed by atoms with Gasteiger partial charge in [-0.2, -0.15) is 0 Å². The van der Waals surface area contributed by atoms with Crippen molar-refractivity contribution < 1.29 is 39.3 Å². The van der Waals surface area contributed by atoms with Crippen molar-refractivity contribution in [2.24, 2.45) is 0 Å². The lowest BCUT2D eigenvalue weighted by atomic mass is 10.5. The van der Waals surface area contributed by atoms with E-state index in [1.54, 1.807) is 0 Å². The number of carbonyl (C=O) groups excluding carboxylic acids is 4. The third-order valence-corrected chi connectivity index (χ3v) is 1.53. The van der Waals surface area contributed by atoms with Crippen LogP contribution in [0.1, 0.15) is 13.8 Å². The first kappa shape index (κ1) is 22.4. The molecule has 0 aliphatic carbocycles. The molecule has 0 saturated heterocycles. The van der Waals surface area contributed by atoms with Crippen molar-refractivity contribution in [3.63, 3.8) is 0 Å². The number of aliphatic carboxylic acids is 1. The third-order valence-electron chi connectivity index (χ3n) is 1.53. The molecule has 1 atom stereocenters. The predicted octanol–water partition coefficient (Wildman–Crippen LogP) is -2.15. The van der Waals surface area contributed by atoms with E-state index in [9.17, 15) is 19.2 Å². The highest BCUT2D eigenvalue weighted by atomic mass is 16.4. The van der Waals surface area contributed by atoms with Gasteiger partial charge in [0.15, 0.2) is 0 Å². The summed E-state index contributed by atoms with van der Waals surface area (Å²) in [5, 5.41) is 27.5. The standard InChI is InChI=1S/2C4H3NO2.C3H8O2.C2H4O2/c2*6-3-1-2-4(7)5-3;1-3(5)2-4;1-2(3)4/h2*1-2H,(H,5,6,7);3-5H,2H2,1H3;1H3,(H,3,4). The van der Waals surface area contributed by atoms with E-state index in [2.05, 4.69) is 0 Å². The Morgan fingerprint density at radius 3 is 1.17 bits per heavy atom. The Kier molecular flexibility index (Phi) is 12.5. The summed E-state index contributed by atoms with van der Waals surface area (Å²) < 4.78 is 0. The molecule has 0 aromatic rings. The van der Waals surface area contributed by atoms with E-state index in [4.69, 9.17) is 20.1 Å². The van der Waals surface area contributed by atoms with Crippen LogP contribution in [0.5, 0.6) is 0 Å². The number of carbonyl (C=O) groups is 5. The van der Waals surface area contributed by atoms with Crippen LogP contribution in [0.3, 0.4) is 0 Å². The quantitative estimate of drug-likeness (QED) is 0.339. The Morgan fingerprint density at radius 2 is 1.13 bits per heavy atom. The zero-order valence-electron chi connectivity index (χ0n) is 12.5. The number of nitrogens with one attached hydrogen (secondary N) is 2. The van der Waals surface area contributed by atoms with Crippen molar-refractivity contribution in [3.8, 4) is 0 Å². The minimum atomic E-state index is -0.833. The van der Waals surface area contributed by atoms with Crippen molar-refractivity contribution in [2.75, 3.05) is 6.61 Å². The van der Waals surface area contributed by atoms with Crippen molar-refractivity contribution in [1.82, 2.24) is 10.6 Å². The predicted molar refractivity (Wildman–Crippen MR) is 76.7 cm³/mol. The zero-order chi connectivity index (χ0) is 18.4. The number of rotatable bonds is 1. The molecule has 2 rings (SSSR count). The Bertz CT molecular complexity index is 436. The molecule has 0 saturated carbocycles. The summed E-state index contributed by atoms with van der Waals surface area (Å²) in [5.74, 6) is -2.15. The highest BCUT2D eigenvalue weighted by Crippen LogP contribution is 1.83. The van der Waals surface area contributed by atoms with Gasteiger partial charge in [0, 0.05) is 31.2 Å². The average molecular weight is 330 g/mol. The summed E-state index contributed by atoms with van der Waals surface area (Å²) in [6.45, 7) is 2.47. The smallest absolute Gasteiger partial charge is 0.300 e. The monoisotopic (exact) mass is 330 g/mol. The van der Waals surface area contributed by atoms with E-state index in [1.165, 1.54) is 31.2 Å². The van der Waals surface area contributed by atoms with Gasteiger partial charge in [0.05, 0.1) is 12.7 Å². The molecule has 0 radical (unpaired) electrons. The molecule has 4 amide bonds. The number of carboxylic acid groups (broad SMARTS) is 1. The second-order valence-electron chi connectivity index (χ2n) is 3.92. The number of aliphatic hydroxyl groups is 2. The van der Waals surface area contributed by atoms with E-state index in [0.717, 1.165) is 6.92 Å². The van der Waals surface area contributed by atoms with Crippen LogP contribution in [0.4, 0.5) is 0 Å². The molecule has 2 heterocycles. The highest BCUT2D eigenvalue weighted by Gasteiger charge is 2.07. The molecule has 0 bridgehead atoms. The molecule has 1 unspecified atom stereocenters. The van der Waals surface area contributed by atoms with E-state index in [0.29, 0.717) is 0 Å². The van der Waals surface area contributed by atoms with Crippen molar-refractivity contribution in [3.05, 3.63) is 24.3 Å². The molecular weight excluding hydrogens is 312 g/mol. The lowest BCUT2D eigenvalue weighted by Gasteiger charge is -1.90. The lowest BCUT2D eigenvalue weighted by molar-refractivity contribution is -0.134. The van der Waals surface area contributed by atoms with Crippen LogP contribution in [0.25, 0.3) is 0 Å². The number of carboxylic acids is 1. The minimum absolute atomic E-state index is 0.139. The SMILES string of the molecule is CC(=O)O.CC(O)CO.O=C1C=CC(=O)N1.O=C1C=CC(=O)N1. The fraction of sp³-hybridized carbons (Fsp3) is 0.308. The fourth-order valence-corrected chi connectivity index (χ4v) is 0.712. The van der Waals surface area contributed by atoms with Gasteiger partial charge in [-0.05, 0) is 6.92 Å². The van der Waals surface area contributed by atoms with Crippen LogP contribution in [0.15, 0.2) is 24.3 Å². The van der Waals surface area contributed by atoms with Gasteiger partial charge in [0.1, 0.15) is 0 Å². The first-order valence-electron chi connectivity index (χ1n) is 6.13. The Balaban J connectivity index is 0. The molecule has 2 aliphatic heterocycles. The van der Waals surface area contributed by atoms with Crippen LogP contribution in [-0.4, -0.2) is 57.6 Å². The maximum atomic E-state index is 10.0. The number of hydrogen-bond donors (Lipinski definition) is 5. The third kappa shape index (κ3) is 19.1. The van der Waals surface area contributed by atoms with Crippen molar-refractivity contribution in [1.29, 1.82) is 0 Å². The number of imide groups is 2. The molecular formula is C13H18N2O8. The molecule has 0 fully saturated rings. The molecule has 10 nitrogen and oxygen atoms in total. The maximum absolute atomic E-state index is 10.0. The van der Waals surface area contributed by atoms with Crippen molar-refractivity contribution >= 4 is 29.6 Å². The van der Waals surface area contributed by atoms with Gasteiger partial charge in [0.25, 0.3) is 29.6 Å². The largest absolute Gasteiger partial charge is 0.481 e. The second-order valence-corrected chi connectivity index (χ2v) is 3.92. The van der Waals surface area contributed by atoms with Crippen molar-refractivity contribution in [2.45, 2.75) is 20.0 Å².